The van der Waals surface area contributed by atoms with E-state index in [0.29, 0.717) is 26.8 Å². The van der Waals surface area contributed by atoms with Crippen LogP contribution in [0, 0.1) is 0 Å². The van der Waals surface area contributed by atoms with E-state index in [-0.39, 0.29) is 17.6 Å². The summed E-state index contributed by atoms with van der Waals surface area (Å²) in [6.45, 7) is 3.96. The molecule has 0 fully saturated rings. The molecule has 0 aliphatic heterocycles. The molecule has 0 bridgehead atoms. The second-order valence-corrected chi connectivity index (χ2v) is 6.59. The van der Waals surface area contributed by atoms with Crippen molar-refractivity contribution < 1.29 is 0 Å². The van der Waals surface area contributed by atoms with Gasteiger partial charge in [0.25, 0.3) is 5.56 Å². The number of benzene rings is 2. The molecular formula is C18H17Cl2N3O. The van der Waals surface area contributed by atoms with Crippen molar-refractivity contribution in [1.29, 1.82) is 0 Å². The minimum atomic E-state index is -0.149. The maximum atomic E-state index is 12.2. The van der Waals surface area contributed by atoms with Gasteiger partial charge in [0.1, 0.15) is 5.82 Å². The first-order valence-corrected chi connectivity index (χ1v) is 8.41. The van der Waals surface area contributed by atoms with E-state index < -0.39 is 0 Å². The van der Waals surface area contributed by atoms with Crippen LogP contribution in [0.2, 0.25) is 10.0 Å². The Labute approximate surface area is 149 Å². The fraction of sp³-hybridized carbons (Fsp3) is 0.222. The number of hydrogen-bond donors (Lipinski definition) is 2. The zero-order valence-corrected chi connectivity index (χ0v) is 14.8. The van der Waals surface area contributed by atoms with E-state index >= 15 is 0 Å². The van der Waals surface area contributed by atoms with Crippen LogP contribution in [0.5, 0.6) is 0 Å². The topological polar surface area (TPSA) is 57.8 Å². The summed E-state index contributed by atoms with van der Waals surface area (Å²) < 4.78 is 0. The molecule has 124 valence electrons. The number of rotatable bonds is 4. The van der Waals surface area contributed by atoms with Crippen LogP contribution in [0.15, 0.2) is 47.3 Å². The Balaban J connectivity index is 1.86. The van der Waals surface area contributed by atoms with Gasteiger partial charge < -0.3 is 10.3 Å². The van der Waals surface area contributed by atoms with E-state index in [1.54, 1.807) is 12.1 Å². The molecule has 6 heteroatoms. The highest BCUT2D eigenvalue weighted by Crippen LogP contribution is 2.27. The summed E-state index contributed by atoms with van der Waals surface area (Å²) in [4.78, 5) is 19.6. The number of nitrogens with zero attached hydrogens (tertiary/aromatic N) is 1. The molecule has 0 radical (unpaired) electrons. The average Bonchev–Trinajstić information content (AvgIpc) is 2.54. The molecule has 4 nitrogen and oxygen atoms in total. The summed E-state index contributed by atoms with van der Waals surface area (Å²) in [5.41, 5.74) is 1.49. The summed E-state index contributed by atoms with van der Waals surface area (Å²) in [6, 6.07) is 12.5. The predicted octanol–water partition coefficient (Wildman–Crippen LogP) is 4.64. The number of hydrogen-bond acceptors (Lipinski definition) is 3. The molecule has 3 rings (SSSR count). The molecule has 0 saturated heterocycles. The third-order valence-electron chi connectivity index (χ3n) is 3.97. The fourth-order valence-electron chi connectivity index (χ4n) is 2.71. The van der Waals surface area contributed by atoms with Gasteiger partial charge in [0.05, 0.1) is 16.9 Å². The molecule has 0 spiro atoms. The summed E-state index contributed by atoms with van der Waals surface area (Å²) in [5, 5.41) is 5.20. The first-order valence-electron chi connectivity index (χ1n) is 7.65. The molecule has 1 heterocycles. The third-order valence-corrected chi connectivity index (χ3v) is 4.53. The van der Waals surface area contributed by atoms with Crippen LogP contribution in [0.25, 0.3) is 10.9 Å². The Morgan fingerprint density at radius 3 is 2.58 bits per heavy atom. The van der Waals surface area contributed by atoms with E-state index in [1.807, 2.05) is 44.2 Å². The van der Waals surface area contributed by atoms with Crippen LogP contribution in [0.1, 0.15) is 37.3 Å². The molecule has 0 aliphatic carbocycles. The largest absolute Gasteiger partial charge is 0.309 e. The lowest BCUT2D eigenvalue weighted by Gasteiger charge is -2.21. The Bertz CT molecular complexity index is 939. The Morgan fingerprint density at radius 2 is 1.83 bits per heavy atom. The fourth-order valence-corrected chi connectivity index (χ4v) is 3.28. The number of halogens is 2. The van der Waals surface area contributed by atoms with Gasteiger partial charge in [0, 0.05) is 16.1 Å². The predicted molar refractivity (Wildman–Crippen MR) is 98.8 cm³/mol. The Hall–Kier alpha value is -1.88. The van der Waals surface area contributed by atoms with E-state index in [1.165, 1.54) is 0 Å². The molecular weight excluding hydrogens is 345 g/mol. The number of H-pyrrole nitrogens is 1. The first kappa shape index (κ1) is 17.0. The van der Waals surface area contributed by atoms with E-state index in [4.69, 9.17) is 23.2 Å². The van der Waals surface area contributed by atoms with Crippen molar-refractivity contribution in [2.24, 2.45) is 0 Å². The molecule has 1 aromatic heterocycles. The van der Waals surface area contributed by atoms with Gasteiger partial charge in [-0.1, -0.05) is 41.4 Å². The van der Waals surface area contributed by atoms with Gasteiger partial charge in [-0.25, -0.2) is 4.98 Å². The monoisotopic (exact) mass is 361 g/mol. The molecule has 0 unspecified atom stereocenters. The molecule has 24 heavy (non-hydrogen) atoms. The van der Waals surface area contributed by atoms with Gasteiger partial charge >= 0.3 is 0 Å². The maximum Gasteiger partial charge on any atom is 0.258 e. The number of fused-ring (bicyclic) bond motifs is 1. The first-order chi connectivity index (χ1) is 11.5. The number of aromatic nitrogens is 2. The lowest BCUT2D eigenvalue weighted by molar-refractivity contribution is 0.477. The standard InChI is InChI=1S/C18H17Cl2N3O/c1-10(13-8-7-12(19)9-15(13)20)21-11(2)17-22-16-6-4-3-5-14(16)18(24)23-17/h3-11,21H,1-2H3,(H,22,23,24)/t10-,11+/m1/s1. The maximum absolute atomic E-state index is 12.2. The normalized spacial score (nSPS) is 13.8. The van der Waals surface area contributed by atoms with Gasteiger partial charge in [0.2, 0.25) is 0 Å². The van der Waals surface area contributed by atoms with Crippen molar-refractivity contribution in [3.05, 3.63) is 74.3 Å². The highest BCUT2D eigenvalue weighted by Gasteiger charge is 2.16. The van der Waals surface area contributed by atoms with Crippen molar-refractivity contribution in [2.75, 3.05) is 0 Å². The van der Waals surface area contributed by atoms with Crippen LogP contribution in [-0.4, -0.2) is 9.97 Å². The van der Waals surface area contributed by atoms with Crippen LogP contribution < -0.4 is 10.9 Å². The van der Waals surface area contributed by atoms with Crippen molar-refractivity contribution in [3.63, 3.8) is 0 Å². The molecule has 2 aromatic carbocycles. The van der Waals surface area contributed by atoms with Crippen LogP contribution in [0.3, 0.4) is 0 Å². The summed E-state index contributed by atoms with van der Waals surface area (Å²) >= 11 is 12.2. The quantitative estimate of drug-likeness (QED) is 0.711. The lowest BCUT2D eigenvalue weighted by atomic mass is 10.1. The van der Waals surface area contributed by atoms with E-state index in [9.17, 15) is 4.79 Å². The van der Waals surface area contributed by atoms with E-state index in [0.717, 1.165) is 5.56 Å². The minimum absolute atomic E-state index is 0.0264. The molecule has 3 aromatic rings. The zero-order chi connectivity index (χ0) is 17.3. The summed E-state index contributed by atoms with van der Waals surface area (Å²) in [6.07, 6.45) is 0. The van der Waals surface area contributed by atoms with Crippen molar-refractivity contribution in [1.82, 2.24) is 15.3 Å². The van der Waals surface area contributed by atoms with Gasteiger partial charge in [-0.2, -0.15) is 0 Å². The highest BCUT2D eigenvalue weighted by molar-refractivity contribution is 6.35. The zero-order valence-electron chi connectivity index (χ0n) is 13.3. The minimum Gasteiger partial charge on any atom is -0.309 e. The third kappa shape index (κ3) is 3.46. The van der Waals surface area contributed by atoms with Gasteiger partial charge in [-0.15, -0.1) is 0 Å². The molecule has 2 atom stereocenters. The highest BCUT2D eigenvalue weighted by atomic mass is 35.5. The number of nitrogens with one attached hydrogen (secondary N) is 2. The molecule has 0 amide bonds. The second kappa shape index (κ2) is 6.93. The van der Waals surface area contributed by atoms with E-state index in [2.05, 4.69) is 15.3 Å². The van der Waals surface area contributed by atoms with Gasteiger partial charge in [-0.3, -0.25) is 4.79 Å². The molecule has 0 aliphatic rings. The Morgan fingerprint density at radius 1 is 1.08 bits per heavy atom. The Kier molecular flexibility index (Phi) is 4.90. The van der Waals surface area contributed by atoms with Gasteiger partial charge in [-0.05, 0) is 43.7 Å². The van der Waals surface area contributed by atoms with Crippen molar-refractivity contribution in [2.45, 2.75) is 25.9 Å². The lowest BCUT2D eigenvalue weighted by Crippen LogP contribution is -2.26. The molecule has 0 saturated carbocycles. The van der Waals surface area contributed by atoms with Gasteiger partial charge in [0.15, 0.2) is 0 Å². The number of aromatic amines is 1. The van der Waals surface area contributed by atoms with Crippen LogP contribution in [-0.2, 0) is 0 Å². The van der Waals surface area contributed by atoms with Crippen LogP contribution in [0.4, 0.5) is 0 Å². The smallest absolute Gasteiger partial charge is 0.258 e. The second-order valence-electron chi connectivity index (χ2n) is 5.74. The van der Waals surface area contributed by atoms with Crippen LogP contribution >= 0.6 is 23.2 Å². The average molecular weight is 362 g/mol. The summed E-state index contributed by atoms with van der Waals surface area (Å²) in [7, 11) is 0. The molecule has 2 N–H and O–H groups in total. The summed E-state index contributed by atoms with van der Waals surface area (Å²) in [5.74, 6) is 0.593. The SMILES string of the molecule is C[C@H](N[C@H](C)c1ccc(Cl)cc1Cl)c1nc2ccccc2c(=O)[nH]1. The van der Waals surface area contributed by atoms with Crippen molar-refractivity contribution in [3.8, 4) is 0 Å². The number of para-hydroxylation sites is 1. The van der Waals surface area contributed by atoms with Crippen molar-refractivity contribution >= 4 is 34.1 Å².